The molecule has 0 amide bonds. The largest absolute Gasteiger partial charge is 0.377 e. The van der Waals surface area contributed by atoms with Gasteiger partial charge in [0, 0.05) is 24.2 Å². The van der Waals surface area contributed by atoms with Crippen LogP contribution < -0.4 is 5.32 Å². The van der Waals surface area contributed by atoms with Crippen molar-refractivity contribution in [3.63, 3.8) is 0 Å². The lowest BCUT2D eigenvalue weighted by molar-refractivity contribution is 0.0586. The molecule has 1 rings (SSSR count). The molecule has 1 N–H and O–H groups in total. The van der Waals surface area contributed by atoms with E-state index in [0.717, 1.165) is 13.2 Å². The minimum Gasteiger partial charge on any atom is -0.377 e. The molecule has 0 radical (unpaired) electrons. The second-order valence-corrected chi connectivity index (χ2v) is 6.95. The predicted molar refractivity (Wildman–Crippen MR) is 78.0 cm³/mol. The van der Waals surface area contributed by atoms with E-state index in [-0.39, 0.29) is 5.54 Å². The first-order valence-electron chi connectivity index (χ1n) is 7.31. The summed E-state index contributed by atoms with van der Waals surface area (Å²) in [6.45, 7) is 15.5. The van der Waals surface area contributed by atoms with Gasteiger partial charge in [-0.05, 0) is 60.5 Å². The molecule has 3 heteroatoms. The van der Waals surface area contributed by atoms with Crippen LogP contribution in [0.1, 0.15) is 48.0 Å². The lowest BCUT2D eigenvalue weighted by Crippen LogP contribution is -2.48. The highest BCUT2D eigenvalue weighted by atomic mass is 16.5. The standard InChI is InChI=1S/C15H32N2O/c1-11(10-16-15(4,5)6)12(2)17(7)14-8-9-18-13(14)3/h11-14,16H,8-10H2,1-7H3. The monoisotopic (exact) mass is 256 g/mol. The van der Waals surface area contributed by atoms with E-state index >= 15 is 0 Å². The van der Waals surface area contributed by atoms with Crippen LogP contribution in [0.15, 0.2) is 0 Å². The molecule has 1 aliphatic rings. The fourth-order valence-corrected chi connectivity index (χ4v) is 2.60. The fraction of sp³-hybridized carbons (Fsp3) is 1.00. The molecule has 0 saturated carbocycles. The third kappa shape index (κ3) is 4.52. The van der Waals surface area contributed by atoms with Crippen LogP contribution in [0.5, 0.6) is 0 Å². The highest BCUT2D eigenvalue weighted by molar-refractivity contribution is 4.86. The van der Waals surface area contributed by atoms with Gasteiger partial charge in [0.1, 0.15) is 0 Å². The molecule has 18 heavy (non-hydrogen) atoms. The molecule has 0 aromatic carbocycles. The van der Waals surface area contributed by atoms with Crippen LogP contribution >= 0.6 is 0 Å². The van der Waals surface area contributed by atoms with E-state index in [1.807, 2.05) is 0 Å². The van der Waals surface area contributed by atoms with Gasteiger partial charge in [-0.15, -0.1) is 0 Å². The van der Waals surface area contributed by atoms with Gasteiger partial charge in [0.2, 0.25) is 0 Å². The topological polar surface area (TPSA) is 24.5 Å². The zero-order valence-electron chi connectivity index (χ0n) is 13.3. The average Bonchev–Trinajstić information content (AvgIpc) is 2.69. The summed E-state index contributed by atoms with van der Waals surface area (Å²) in [7, 11) is 2.24. The van der Waals surface area contributed by atoms with Gasteiger partial charge in [0.15, 0.2) is 0 Å². The first-order chi connectivity index (χ1) is 8.22. The Morgan fingerprint density at radius 1 is 1.33 bits per heavy atom. The lowest BCUT2D eigenvalue weighted by Gasteiger charge is -2.36. The summed E-state index contributed by atoms with van der Waals surface area (Å²) in [5, 5.41) is 3.60. The minimum absolute atomic E-state index is 0.205. The Bertz CT molecular complexity index is 249. The van der Waals surface area contributed by atoms with Gasteiger partial charge in [-0.2, -0.15) is 0 Å². The second kappa shape index (κ2) is 6.36. The van der Waals surface area contributed by atoms with E-state index in [1.54, 1.807) is 0 Å². The third-order valence-electron chi connectivity index (χ3n) is 4.28. The fourth-order valence-electron chi connectivity index (χ4n) is 2.60. The number of ether oxygens (including phenoxy) is 1. The van der Waals surface area contributed by atoms with Crippen LogP contribution in [0.25, 0.3) is 0 Å². The van der Waals surface area contributed by atoms with Crippen LogP contribution in [0.2, 0.25) is 0 Å². The van der Waals surface area contributed by atoms with Crippen LogP contribution in [0, 0.1) is 5.92 Å². The van der Waals surface area contributed by atoms with Gasteiger partial charge in [0.25, 0.3) is 0 Å². The Labute approximate surface area is 113 Å². The van der Waals surface area contributed by atoms with E-state index in [9.17, 15) is 0 Å². The van der Waals surface area contributed by atoms with Gasteiger partial charge in [-0.1, -0.05) is 6.92 Å². The molecule has 0 aromatic rings. The maximum Gasteiger partial charge on any atom is 0.0703 e. The van der Waals surface area contributed by atoms with Gasteiger partial charge >= 0.3 is 0 Å². The van der Waals surface area contributed by atoms with Crippen molar-refractivity contribution < 1.29 is 4.74 Å². The molecular weight excluding hydrogens is 224 g/mol. The number of likely N-dealkylation sites (N-methyl/N-ethyl adjacent to an activating group) is 1. The van der Waals surface area contributed by atoms with Crippen molar-refractivity contribution in [1.29, 1.82) is 0 Å². The zero-order valence-corrected chi connectivity index (χ0v) is 13.3. The maximum absolute atomic E-state index is 5.67. The number of hydrogen-bond donors (Lipinski definition) is 1. The molecule has 4 unspecified atom stereocenters. The van der Waals surface area contributed by atoms with E-state index in [4.69, 9.17) is 4.74 Å². The van der Waals surface area contributed by atoms with Crippen LogP contribution in [-0.4, -0.2) is 48.8 Å². The number of nitrogens with one attached hydrogen (secondary N) is 1. The smallest absolute Gasteiger partial charge is 0.0703 e. The van der Waals surface area contributed by atoms with Gasteiger partial charge in [-0.3, -0.25) is 4.90 Å². The molecule has 0 spiro atoms. The quantitative estimate of drug-likeness (QED) is 0.818. The van der Waals surface area contributed by atoms with E-state index in [2.05, 4.69) is 58.8 Å². The Hall–Kier alpha value is -0.120. The van der Waals surface area contributed by atoms with Crippen LogP contribution in [0.3, 0.4) is 0 Å². The highest BCUT2D eigenvalue weighted by Crippen LogP contribution is 2.22. The normalized spacial score (nSPS) is 28.7. The van der Waals surface area contributed by atoms with Gasteiger partial charge < -0.3 is 10.1 Å². The molecule has 1 saturated heterocycles. The number of rotatable bonds is 5. The second-order valence-electron chi connectivity index (χ2n) is 6.95. The Morgan fingerprint density at radius 3 is 2.39 bits per heavy atom. The van der Waals surface area contributed by atoms with Crippen molar-refractivity contribution in [3.05, 3.63) is 0 Å². The highest BCUT2D eigenvalue weighted by Gasteiger charge is 2.32. The molecule has 1 heterocycles. The SMILES string of the molecule is CC(CNC(C)(C)C)C(C)N(C)C1CCOC1C. The van der Waals surface area contributed by atoms with E-state index in [0.29, 0.717) is 24.1 Å². The molecule has 4 atom stereocenters. The molecule has 0 aliphatic carbocycles. The summed E-state index contributed by atoms with van der Waals surface area (Å²) < 4.78 is 5.67. The summed E-state index contributed by atoms with van der Waals surface area (Å²) in [5.74, 6) is 0.641. The first-order valence-corrected chi connectivity index (χ1v) is 7.31. The predicted octanol–water partition coefficient (Wildman–Crippen LogP) is 2.51. The molecule has 1 aliphatic heterocycles. The Morgan fingerprint density at radius 2 is 1.94 bits per heavy atom. The maximum atomic E-state index is 5.67. The summed E-state index contributed by atoms with van der Waals surface area (Å²) in [4.78, 5) is 2.51. The number of hydrogen-bond acceptors (Lipinski definition) is 3. The first kappa shape index (κ1) is 15.9. The van der Waals surface area contributed by atoms with Crippen molar-refractivity contribution in [2.24, 2.45) is 5.92 Å². The Balaban J connectivity index is 2.44. The zero-order chi connectivity index (χ0) is 13.9. The molecule has 0 bridgehead atoms. The van der Waals surface area contributed by atoms with Gasteiger partial charge in [-0.25, -0.2) is 0 Å². The van der Waals surface area contributed by atoms with Crippen molar-refractivity contribution >= 4 is 0 Å². The minimum atomic E-state index is 0.205. The number of nitrogens with zero attached hydrogens (tertiary/aromatic N) is 1. The van der Waals surface area contributed by atoms with Crippen molar-refractivity contribution in [1.82, 2.24) is 10.2 Å². The summed E-state index contributed by atoms with van der Waals surface area (Å²) in [5.41, 5.74) is 0.205. The van der Waals surface area contributed by atoms with Crippen LogP contribution in [-0.2, 0) is 4.74 Å². The molecule has 3 nitrogen and oxygen atoms in total. The summed E-state index contributed by atoms with van der Waals surface area (Å²) in [6.07, 6.45) is 1.54. The van der Waals surface area contributed by atoms with E-state index < -0.39 is 0 Å². The van der Waals surface area contributed by atoms with Crippen LogP contribution in [0.4, 0.5) is 0 Å². The molecule has 108 valence electrons. The van der Waals surface area contributed by atoms with Gasteiger partial charge in [0.05, 0.1) is 6.10 Å². The third-order valence-corrected chi connectivity index (χ3v) is 4.28. The molecule has 0 aromatic heterocycles. The van der Waals surface area contributed by atoms with Crippen molar-refractivity contribution in [3.8, 4) is 0 Å². The van der Waals surface area contributed by atoms with Crippen molar-refractivity contribution in [2.45, 2.75) is 71.7 Å². The van der Waals surface area contributed by atoms with E-state index in [1.165, 1.54) is 6.42 Å². The molecular formula is C15H32N2O. The average molecular weight is 256 g/mol. The Kier molecular flexibility index (Phi) is 5.63. The summed E-state index contributed by atoms with van der Waals surface area (Å²) >= 11 is 0. The lowest BCUT2D eigenvalue weighted by atomic mass is 9.97. The molecule has 1 fully saturated rings. The van der Waals surface area contributed by atoms with Crippen molar-refractivity contribution in [2.75, 3.05) is 20.2 Å². The summed E-state index contributed by atoms with van der Waals surface area (Å²) in [6, 6.07) is 1.16.